The smallest absolute Gasteiger partial charge is 0.243 e. The summed E-state index contributed by atoms with van der Waals surface area (Å²) in [6.07, 6.45) is 8.80. The van der Waals surface area contributed by atoms with E-state index in [0.717, 1.165) is 43.5 Å². The lowest BCUT2D eigenvalue weighted by atomic mass is 10.2. The zero-order valence-electron chi connectivity index (χ0n) is 20.8. The molecule has 0 bridgehead atoms. The molecule has 0 unspecified atom stereocenters. The Balaban J connectivity index is 1.49. The standard InChI is InChI=1S/C27H35N3O6/c1-35-24-18-20(6-10-22(24)31)8-12-26(33)29-16-4-3-14-28-15-5-17-30-27(34)13-9-21-7-11-23(32)25(19-21)36-2/h6-13,18-19,28,31-32H,3-5,14-17H2,1-2H3,(H,29,33)(H,30,34). The summed E-state index contributed by atoms with van der Waals surface area (Å²) in [6.45, 7) is 2.75. The number of amides is 2. The van der Waals surface area contributed by atoms with Crippen molar-refractivity contribution in [1.29, 1.82) is 0 Å². The van der Waals surface area contributed by atoms with E-state index in [4.69, 9.17) is 9.47 Å². The number of phenols is 2. The third-order valence-corrected chi connectivity index (χ3v) is 5.17. The van der Waals surface area contributed by atoms with Gasteiger partial charge >= 0.3 is 0 Å². The van der Waals surface area contributed by atoms with Gasteiger partial charge < -0.3 is 35.6 Å². The average molecular weight is 498 g/mol. The summed E-state index contributed by atoms with van der Waals surface area (Å²) in [5, 5.41) is 28.2. The van der Waals surface area contributed by atoms with Crippen LogP contribution < -0.4 is 25.4 Å². The molecule has 0 aliphatic heterocycles. The molecule has 5 N–H and O–H groups in total. The highest BCUT2D eigenvalue weighted by atomic mass is 16.5. The molecule has 0 saturated heterocycles. The van der Waals surface area contributed by atoms with Crippen molar-refractivity contribution in [1.82, 2.24) is 16.0 Å². The number of hydrogen-bond acceptors (Lipinski definition) is 7. The van der Waals surface area contributed by atoms with Crippen LogP contribution in [0, 0.1) is 0 Å². The summed E-state index contributed by atoms with van der Waals surface area (Å²) in [5.74, 6) is 0.460. The van der Waals surface area contributed by atoms with Gasteiger partial charge in [-0.15, -0.1) is 0 Å². The molecule has 9 nitrogen and oxygen atoms in total. The number of benzene rings is 2. The van der Waals surface area contributed by atoms with E-state index in [2.05, 4.69) is 16.0 Å². The maximum Gasteiger partial charge on any atom is 0.243 e. The van der Waals surface area contributed by atoms with Gasteiger partial charge in [0.05, 0.1) is 14.2 Å². The minimum Gasteiger partial charge on any atom is -0.504 e. The predicted molar refractivity (Wildman–Crippen MR) is 140 cm³/mol. The van der Waals surface area contributed by atoms with E-state index < -0.39 is 0 Å². The van der Waals surface area contributed by atoms with Crippen LogP contribution in [-0.2, 0) is 9.59 Å². The van der Waals surface area contributed by atoms with Crippen LogP contribution in [0.15, 0.2) is 48.6 Å². The van der Waals surface area contributed by atoms with E-state index >= 15 is 0 Å². The van der Waals surface area contributed by atoms with Gasteiger partial charge in [0.2, 0.25) is 11.8 Å². The van der Waals surface area contributed by atoms with Gasteiger partial charge in [-0.1, -0.05) is 12.1 Å². The molecular weight excluding hydrogens is 462 g/mol. The molecule has 36 heavy (non-hydrogen) atoms. The van der Waals surface area contributed by atoms with Crippen LogP contribution in [0.4, 0.5) is 0 Å². The first-order valence-corrected chi connectivity index (χ1v) is 11.8. The van der Waals surface area contributed by atoms with Crippen LogP contribution in [0.25, 0.3) is 12.2 Å². The van der Waals surface area contributed by atoms with E-state index in [9.17, 15) is 19.8 Å². The Morgan fingerprint density at radius 2 is 1.17 bits per heavy atom. The third-order valence-electron chi connectivity index (χ3n) is 5.17. The van der Waals surface area contributed by atoms with Crippen molar-refractivity contribution in [3.8, 4) is 23.0 Å². The minimum absolute atomic E-state index is 0.0529. The van der Waals surface area contributed by atoms with Gasteiger partial charge in [-0.3, -0.25) is 9.59 Å². The van der Waals surface area contributed by atoms with Crippen LogP contribution in [-0.4, -0.2) is 62.4 Å². The first kappa shape index (κ1) is 28.3. The number of unbranched alkanes of at least 4 members (excludes halogenated alkanes) is 1. The number of rotatable bonds is 15. The largest absolute Gasteiger partial charge is 0.504 e. The number of nitrogens with one attached hydrogen (secondary N) is 3. The molecule has 0 aliphatic rings. The van der Waals surface area contributed by atoms with Crippen molar-refractivity contribution in [2.75, 3.05) is 40.4 Å². The first-order valence-electron chi connectivity index (χ1n) is 11.8. The summed E-state index contributed by atoms with van der Waals surface area (Å²) in [5.41, 5.74) is 1.51. The number of hydrogen-bond donors (Lipinski definition) is 5. The SMILES string of the molecule is COc1cc(C=CC(=O)NCCCCNCCCNC(=O)C=Cc2ccc(O)c(OC)c2)ccc1O. The molecular formula is C27H35N3O6. The predicted octanol–water partition coefficient (Wildman–Crippen LogP) is 2.83. The molecule has 0 aliphatic carbocycles. The maximum atomic E-state index is 11.9. The lowest BCUT2D eigenvalue weighted by Crippen LogP contribution is -2.27. The molecule has 2 amide bonds. The van der Waals surface area contributed by atoms with E-state index in [1.54, 1.807) is 36.4 Å². The van der Waals surface area contributed by atoms with Crippen LogP contribution in [0.2, 0.25) is 0 Å². The fourth-order valence-electron chi connectivity index (χ4n) is 3.19. The Morgan fingerprint density at radius 3 is 1.67 bits per heavy atom. The van der Waals surface area contributed by atoms with Gasteiger partial charge in [0.25, 0.3) is 0 Å². The second kappa shape index (κ2) is 15.8. The van der Waals surface area contributed by atoms with Crippen molar-refractivity contribution in [3.63, 3.8) is 0 Å². The van der Waals surface area contributed by atoms with Crippen LogP contribution in [0.5, 0.6) is 23.0 Å². The summed E-state index contributed by atoms with van der Waals surface area (Å²) in [4.78, 5) is 23.8. The van der Waals surface area contributed by atoms with Crippen molar-refractivity contribution in [2.24, 2.45) is 0 Å². The molecule has 194 valence electrons. The minimum atomic E-state index is -0.184. The van der Waals surface area contributed by atoms with Gasteiger partial charge in [-0.05, 0) is 79.9 Å². The molecule has 0 aromatic heterocycles. The summed E-state index contributed by atoms with van der Waals surface area (Å²) in [7, 11) is 2.94. The van der Waals surface area contributed by atoms with E-state index in [-0.39, 0.29) is 23.3 Å². The fraction of sp³-hybridized carbons (Fsp3) is 0.333. The van der Waals surface area contributed by atoms with E-state index in [1.807, 2.05) is 0 Å². The second-order valence-corrected chi connectivity index (χ2v) is 7.92. The molecule has 0 atom stereocenters. The lowest BCUT2D eigenvalue weighted by molar-refractivity contribution is -0.117. The molecule has 2 aromatic rings. The number of carbonyl (C=O) groups is 2. The highest BCUT2D eigenvalue weighted by Crippen LogP contribution is 2.27. The molecule has 0 radical (unpaired) electrons. The molecule has 0 heterocycles. The first-order chi connectivity index (χ1) is 17.4. The Kier molecular flexibility index (Phi) is 12.4. The summed E-state index contributed by atoms with van der Waals surface area (Å²) >= 11 is 0. The number of phenolic OH excluding ortho intramolecular Hbond substituents is 2. The number of methoxy groups -OCH3 is 2. The van der Waals surface area contributed by atoms with Crippen LogP contribution in [0.3, 0.4) is 0 Å². The Bertz CT molecular complexity index is 968. The molecule has 0 saturated carbocycles. The molecule has 2 aromatic carbocycles. The number of carbonyl (C=O) groups excluding carboxylic acids is 2. The number of aromatic hydroxyl groups is 2. The normalized spacial score (nSPS) is 11.1. The summed E-state index contributed by atoms with van der Waals surface area (Å²) < 4.78 is 10.1. The van der Waals surface area contributed by atoms with E-state index in [1.165, 1.54) is 38.5 Å². The zero-order chi connectivity index (χ0) is 26.2. The Morgan fingerprint density at radius 1 is 0.722 bits per heavy atom. The van der Waals surface area contributed by atoms with E-state index in [0.29, 0.717) is 24.6 Å². The van der Waals surface area contributed by atoms with Crippen LogP contribution in [0.1, 0.15) is 30.4 Å². The van der Waals surface area contributed by atoms with Crippen LogP contribution >= 0.6 is 0 Å². The van der Waals surface area contributed by atoms with Gasteiger partial charge in [0.1, 0.15) is 0 Å². The zero-order valence-corrected chi connectivity index (χ0v) is 20.8. The second-order valence-electron chi connectivity index (χ2n) is 7.92. The van der Waals surface area contributed by atoms with Gasteiger partial charge in [0.15, 0.2) is 23.0 Å². The Labute approximate surface area is 211 Å². The van der Waals surface area contributed by atoms with Gasteiger partial charge in [-0.25, -0.2) is 0 Å². The van der Waals surface area contributed by atoms with Gasteiger partial charge in [0, 0.05) is 25.2 Å². The van der Waals surface area contributed by atoms with Crippen molar-refractivity contribution in [3.05, 3.63) is 59.7 Å². The Hall–Kier alpha value is -3.98. The lowest BCUT2D eigenvalue weighted by Gasteiger charge is -2.06. The average Bonchev–Trinajstić information content (AvgIpc) is 2.88. The quantitative estimate of drug-likeness (QED) is 0.189. The van der Waals surface area contributed by atoms with Gasteiger partial charge in [-0.2, -0.15) is 0 Å². The molecule has 0 fully saturated rings. The van der Waals surface area contributed by atoms with Crippen molar-refractivity contribution in [2.45, 2.75) is 19.3 Å². The highest BCUT2D eigenvalue weighted by molar-refractivity contribution is 5.92. The fourth-order valence-corrected chi connectivity index (χ4v) is 3.19. The monoisotopic (exact) mass is 497 g/mol. The molecule has 0 spiro atoms. The molecule has 2 rings (SSSR count). The van der Waals surface area contributed by atoms with Crippen molar-refractivity contribution < 1.29 is 29.3 Å². The topological polar surface area (TPSA) is 129 Å². The highest BCUT2D eigenvalue weighted by Gasteiger charge is 2.03. The third kappa shape index (κ3) is 10.5. The maximum absolute atomic E-state index is 11.9. The molecule has 9 heteroatoms. The summed E-state index contributed by atoms with van der Waals surface area (Å²) in [6, 6.07) is 9.74. The van der Waals surface area contributed by atoms with Crippen molar-refractivity contribution >= 4 is 24.0 Å². The number of ether oxygens (including phenoxy) is 2.